The van der Waals surface area contributed by atoms with Gasteiger partial charge in [-0.2, -0.15) is 4.57 Å². The van der Waals surface area contributed by atoms with Gasteiger partial charge in [-0.25, -0.2) is 14.4 Å². The second-order valence-corrected chi connectivity index (χ2v) is 7.66. The van der Waals surface area contributed by atoms with Crippen molar-refractivity contribution in [1.29, 1.82) is 0 Å². The zero-order valence-corrected chi connectivity index (χ0v) is 18.9. The maximum Gasteiger partial charge on any atom is 0.654 e. The van der Waals surface area contributed by atoms with E-state index in [-0.39, 0.29) is 19.8 Å². The van der Waals surface area contributed by atoms with E-state index in [1.54, 1.807) is 0 Å². The lowest BCUT2D eigenvalue weighted by molar-refractivity contribution is -0.157. The van der Waals surface area contributed by atoms with Gasteiger partial charge in [-0.3, -0.25) is 0 Å². The van der Waals surface area contributed by atoms with E-state index in [9.17, 15) is 18.9 Å². The molecule has 11 heteroatoms. The van der Waals surface area contributed by atoms with Crippen LogP contribution in [0.25, 0.3) is 0 Å². The van der Waals surface area contributed by atoms with E-state index in [0.29, 0.717) is 19.3 Å². The molecule has 0 aliphatic heterocycles. The minimum absolute atomic E-state index is 0.254. The normalized spacial score (nSPS) is 16.2. The van der Waals surface area contributed by atoms with Crippen LogP contribution in [0.1, 0.15) is 60.8 Å². The average Bonchev–Trinajstić information content (AvgIpc) is 2.67. The van der Waals surface area contributed by atoms with E-state index in [4.69, 9.17) is 27.8 Å². The minimum Gasteiger partial charge on any atom is -0.367 e. The summed E-state index contributed by atoms with van der Waals surface area (Å²) in [5.41, 5.74) is 0. The SMILES string of the molecule is CCCOC(C)C(=O)OP(=O)(OC(=O)C(C)OCCC)OC(=O)C(C)OCCC. The maximum absolute atomic E-state index is 12.9. The molecule has 10 nitrogen and oxygen atoms in total. The van der Waals surface area contributed by atoms with Gasteiger partial charge in [0, 0.05) is 19.8 Å². The molecule has 0 radical (unpaired) electrons. The van der Waals surface area contributed by atoms with Crippen LogP contribution in [0.2, 0.25) is 0 Å². The van der Waals surface area contributed by atoms with Gasteiger partial charge in [-0.15, -0.1) is 0 Å². The van der Waals surface area contributed by atoms with Gasteiger partial charge in [0.15, 0.2) is 18.3 Å². The van der Waals surface area contributed by atoms with Gasteiger partial charge in [0.25, 0.3) is 0 Å². The molecule has 0 aliphatic carbocycles. The smallest absolute Gasteiger partial charge is 0.367 e. The lowest BCUT2D eigenvalue weighted by atomic mass is 10.4. The van der Waals surface area contributed by atoms with Crippen molar-refractivity contribution in [3.63, 3.8) is 0 Å². The Morgan fingerprint density at radius 1 is 0.621 bits per heavy atom. The standard InChI is InChI=1S/C18H33O10P/c1-7-10-23-13(4)16(19)26-29(22,27-17(20)14(5)24-11-8-2)28-18(21)15(6)25-12-9-3/h13-15H,7-12H2,1-6H3. The Morgan fingerprint density at radius 3 is 1.07 bits per heavy atom. The molecule has 0 aliphatic rings. The molecule has 3 atom stereocenters. The summed E-state index contributed by atoms with van der Waals surface area (Å²) in [6.07, 6.45) is -1.41. The van der Waals surface area contributed by atoms with Crippen LogP contribution >= 0.6 is 7.82 Å². The third-order valence-corrected chi connectivity index (χ3v) is 4.53. The second-order valence-electron chi connectivity index (χ2n) is 6.22. The topological polar surface area (TPSA) is 124 Å². The third kappa shape index (κ3) is 11.3. The first-order chi connectivity index (χ1) is 13.6. The predicted octanol–water partition coefficient (Wildman–Crippen LogP) is 3.17. The first-order valence-electron chi connectivity index (χ1n) is 9.75. The van der Waals surface area contributed by atoms with Gasteiger partial charge in [-0.05, 0) is 40.0 Å². The lowest BCUT2D eigenvalue weighted by Gasteiger charge is -2.21. The van der Waals surface area contributed by atoms with Crippen LogP contribution in [0, 0.1) is 0 Å². The van der Waals surface area contributed by atoms with Gasteiger partial charge in [0.2, 0.25) is 0 Å². The van der Waals surface area contributed by atoms with E-state index in [0.717, 1.165) is 0 Å². The molecule has 0 bridgehead atoms. The zero-order valence-electron chi connectivity index (χ0n) is 18.0. The molecule has 0 saturated heterocycles. The van der Waals surface area contributed by atoms with Gasteiger partial charge >= 0.3 is 25.7 Å². The molecular formula is C18H33O10P. The Hall–Kier alpha value is -1.48. The van der Waals surface area contributed by atoms with Crippen LogP contribution in [-0.2, 0) is 46.7 Å². The molecule has 0 aromatic carbocycles. The summed E-state index contributed by atoms with van der Waals surface area (Å²) in [4.78, 5) is 36.4. The minimum atomic E-state index is -4.93. The van der Waals surface area contributed by atoms with Gasteiger partial charge in [0.1, 0.15) is 0 Å². The Bertz CT molecular complexity index is 489. The highest BCUT2D eigenvalue weighted by atomic mass is 31.2. The Balaban J connectivity index is 5.29. The number of phosphoric acid groups is 1. The molecule has 0 amide bonds. The molecule has 29 heavy (non-hydrogen) atoms. The molecular weight excluding hydrogens is 407 g/mol. The number of carbonyl (C=O) groups excluding carboxylic acids is 3. The molecule has 170 valence electrons. The van der Waals surface area contributed by atoms with Crippen molar-refractivity contribution in [1.82, 2.24) is 0 Å². The van der Waals surface area contributed by atoms with E-state index >= 15 is 0 Å². The van der Waals surface area contributed by atoms with Crippen molar-refractivity contribution in [2.45, 2.75) is 79.1 Å². The quantitative estimate of drug-likeness (QED) is 0.351. The molecule has 0 fully saturated rings. The van der Waals surface area contributed by atoms with Crippen molar-refractivity contribution in [2.24, 2.45) is 0 Å². The van der Waals surface area contributed by atoms with Crippen LogP contribution in [0.5, 0.6) is 0 Å². The number of hydrogen-bond acceptors (Lipinski definition) is 10. The summed E-state index contributed by atoms with van der Waals surface area (Å²) in [5.74, 6) is -3.31. The van der Waals surface area contributed by atoms with Crippen molar-refractivity contribution in [3.8, 4) is 0 Å². The first-order valence-corrected chi connectivity index (χ1v) is 11.2. The molecule has 0 N–H and O–H groups in total. The zero-order chi connectivity index (χ0) is 22.4. The number of carbonyl (C=O) groups is 3. The largest absolute Gasteiger partial charge is 0.654 e. The number of phosphoric ester groups is 1. The van der Waals surface area contributed by atoms with Gasteiger partial charge in [0.05, 0.1) is 0 Å². The number of hydrogen-bond donors (Lipinski definition) is 0. The van der Waals surface area contributed by atoms with Gasteiger partial charge in [-0.1, -0.05) is 20.8 Å². The van der Waals surface area contributed by atoms with Crippen LogP contribution < -0.4 is 0 Å². The fraction of sp³-hybridized carbons (Fsp3) is 0.833. The van der Waals surface area contributed by atoms with Crippen molar-refractivity contribution >= 4 is 25.7 Å². The summed E-state index contributed by atoms with van der Waals surface area (Å²) in [5, 5.41) is 0. The highest BCUT2D eigenvalue weighted by Crippen LogP contribution is 2.51. The Kier molecular flexibility index (Phi) is 13.8. The van der Waals surface area contributed by atoms with Gasteiger partial charge < -0.3 is 27.8 Å². The first kappa shape index (κ1) is 27.5. The molecule has 0 spiro atoms. The van der Waals surface area contributed by atoms with Crippen molar-refractivity contribution < 1.29 is 46.7 Å². The monoisotopic (exact) mass is 440 g/mol. The van der Waals surface area contributed by atoms with E-state index in [1.165, 1.54) is 20.8 Å². The second kappa shape index (κ2) is 14.5. The van der Waals surface area contributed by atoms with E-state index < -0.39 is 44.0 Å². The van der Waals surface area contributed by atoms with Crippen LogP contribution in [-0.4, -0.2) is 56.0 Å². The Labute approximate surface area is 172 Å². The summed E-state index contributed by atoms with van der Waals surface area (Å²) in [6, 6.07) is 0. The predicted molar refractivity (Wildman–Crippen MR) is 103 cm³/mol. The van der Waals surface area contributed by atoms with Crippen LogP contribution in [0.3, 0.4) is 0 Å². The molecule has 0 aromatic rings. The molecule has 0 aromatic heterocycles. The fourth-order valence-corrected chi connectivity index (χ4v) is 2.92. The molecule has 0 saturated carbocycles. The fourth-order valence-electron chi connectivity index (χ4n) is 1.70. The van der Waals surface area contributed by atoms with Crippen LogP contribution in [0.15, 0.2) is 0 Å². The molecule has 3 unspecified atom stereocenters. The Morgan fingerprint density at radius 2 is 0.862 bits per heavy atom. The van der Waals surface area contributed by atoms with E-state index in [1.807, 2.05) is 20.8 Å². The summed E-state index contributed by atoms with van der Waals surface area (Å²) in [6.45, 7) is 10.4. The highest BCUT2D eigenvalue weighted by Gasteiger charge is 2.43. The maximum atomic E-state index is 12.9. The van der Waals surface area contributed by atoms with Crippen molar-refractivity contribution in [2.75, 3.05) is 19.8 Å². The molecule has 0 rings (SSSR count). The average molecular weight is 440 g/mol. The molecule has 0 heterocycles. The highest BCUT2D eigenvalue weighted by molar-refractivity contribution is 7.50. The third-order valence-electron chi connectivity index (χ3n) is 3.32. The number of rotatable bonds is 15. The summed E-state index contributed by atoms with van der Waals surface area (Å²) < 4.78 is 42.7. The van der Waals surface area contributed by atoms with Crippen LogP contribution in [0.4, 0.5) is 0 Å². The summed E-state index contributed by atoms with van der Waals surface area (Å²) >= 11 is 0. The summed E-state index contributed by atoms with van der Waals surface area (Å²) in [7, 11) is -4.93. The lowest BCUT2D eigenvalue weighted by Crippen LogP contribution is -2.29. The van der Waals surface area contributed by atoms with Crippen molar-refractivity contribution in [3.05, 3.63) is 0 Å². The van der Waals surface area contributed by atoms with E-state index in [2.05, 4.69) is 0 Å². The number of ether oxygens (including phenoxy) is 3.